The van der Waals surface area contributed by atoms with Crippen LogP contribution in [-0.4, -0.2) is 38.1 Å². The van der Waals surface area contributed by atoms with E-state index in [-0.39, 0.29) is 5.91 Å². The molecule has 3 nitrogen and oxygen atoms in total. The van der Waals surface area contributed by atoms with E-state index in [4.69, 9.17) is 16.3 Å². The number of nitrogens with zero attached hydrogens (tertiary/aromatic N) is 1. The van der Waals surface area contributed by atoms with Crippen molar-refractivity contribution in [1.82, 2.24) is 4.90 Å². The van der Waals surface area contributed by atoms with E-state index in [1.54, 1.807) is 37.3 Å². The molecule has 1 aromatic rings. The number of hydrogen-bond acceptors (Lipinski definition) is 2. The fourth-order valence-corrected chi connectivity index (χ4v) is 1.78. The minimum atomic E-state index is -0.108. The zero-order chi connectivity index (χ0) is 12.1. The molecule has 0 aliphatic rings. The molecule has 0 saturated heterocycles. The van der Waals surface area contributed by atoms with Crippen LogP contribution in [0.2, 0.25) is 5.02 Å². The van der Waals surface area contributed by atoms with Gasteiger partial charge in [-0.05, 0) is 28.1 Å². The summed E-state index contributed by atoms with van der Waals surface area (Å²) < 4.78 is 5.64. The van der Waals surface area contributed by atoms with Gasteiger partial charge in [0.05, 0.1) is 17.2 Å². The van der Waals surface area contributed by atoms with Crippen LogP contribution in [0.25, 0.3) is 0 Å². The van der Waals surface area contributed by atoms with Crippen LogP contribution in [0.15, 0.2) is 22.7 Å². The average molecular weight is 307 g/mol. The summed E-state index contributed by atoms with van der Waals surface area (Å²) in [6.07, 6.45) is 0. The van der Waals surface area contributed by atoms with Gasteiger partial charge in [-0.15, -0.1) is 0 Å². The van der Waals surface area contributed by atoms with Crippen LogP contribution in [0.1, 0.15) is 10.4 Å². The number of carbonyl (C=O) groups excluding carboxylic acids is 1. The van der Waals surface area contributed by atoms with Gasteiger partial charge in [0.2, 0.25) is 0 Å². The maximum Gasteiger partial charge on any atom is 0.255 e. The number of rotatable bonds is 4. The predicted molar refractivity (Wildman–Crippen MR) is 68.0 cm³/mol. The average Bonchev–Trinajstić information content (AvgIpc) is 2.28. The molecule has 0 saturated carbocycles. The van der Waals surface area contributed by atoms with Gasteiger partial charge in [-0.1, -0.05) is 17.7 Å². The summed E-state index contributed by atoms with van der Waals surface area (Å²) in [6.45, 7) is 1.05. The van der Waals surface area contributed by atoms with Gasteiger partial charge >= 0.3 is 0 Å². The number of ether oxygens (including phenoxy) is 1. The molecule has 5 heteroatoms. The highest BCUT2D eigenvalue weighted by Crippen LogP contribution is 2.26. The van der Waals surface area contributed by atoms with Gasteiger partial charge in [0.1, 0.15) is 0 Å². The van der Waals surface area contributed by atoms with Crippen LogP contribution in [0, 0.1) is 0 Å². The van der Waals surface area contributed by atoms with Crippen LogP contribution < -0.4 is 0 Å². The topological polar surface area (TPSA) is 29.5 Å². The van der Waals surface area contributed by atoms with Crippen molar-refractivity contribution >= 4 is 33.4 Å². The molecule has 0 bridgehead atoms. The quantitative estimate of drug-likeness (QED) is 0.856. The number of methoxy groups -OCH3 is 1. The van der Waals surface area contributed by atoms with E-state index in [0.717, 1.165) is 4.47 Å². The van der Waals surface area contributed by atoms with Gasteiger partial charge in [0.15, 0.2) is 0 Å². The molecule has 0 aliphatic carbocycles. The first-order valence-electron chi connectivity index (χ1n) is 4.76. The molecular weight excluding hydrogens is 293 g/mol. The second-order valence-electron chi connectivity index (χ2n) is 3.32. The van der Waals surface area contributed by atoms with Crippen molar-refractivity contribution in [2.24, 2.45) is 0 Å². The van der Waals surface area contributed by atoms with Crippen molar-refractivity contribution in [1.29, 1.82) is 0 Å². The minimum Gasteiger partial charge on any atom is -0.383 e. The molecule has 0 aliphatic heterocycles. The first-order valence-corrected chi connectivity index (χ1v) is 5.93. The predicted octanol–water partition coefficient (Wildman–Crippen LogP) is 2.82. The highest BCUT2D eigenvalue weighted by atomic mass is 79.9. The lowest BCUT2D eigenvalue weighted by Gasteiger charge is -2.17. The van der Waals surface area contributed by atoms with Gasteiger partial charge in [-0.2, -0.15) is 0 Å². The Morgan fingerprint density at radius 2 is 2.25 bits per heavy atom. The molecule has 1 amide bonds. The van der Waals surface area contributed by atoms with E-state index in [1.165, 1.54) is 0 Å². The molecule has 0 unspecified atom stereocenters. The maximum atomic E-state index is 12.0. The monoisotopic (exact) mass is 305 g/mol. The van der Waals surface area contributed by atoms with Crippen molar-refractivity contribution in [3.63, 3.8) is 0 Å². The minimum absolute atomic E-state index is 0.108. The van der Waals surface area contributed by atoms with Crippen LogP contribution in [0.4, 0.5) is 0 Å². The van der Waals surface area contributed by atoms with Gasteiger partial charge < -0.3 is 9.64 Å². The molecule has 0 spiro atoms. The Labute approximate surface area is 108 Å². The third kappa shape index (κ3) is 3.20. The number of halogens is 2. The molecule has 0 aromatic heterocycles. The summed E-state index contributed by atoms with van der Waals surface area (Å²) in [6, 6.07) is 5.29. The highest BCUT2D eigenvalue weighted by molar-refractivity contribution is 9.10. The number of hydrogen-bond donors (Lipinski definition) is 0. The van der Waals surface area contributed by atoms with E-state index in [1.807, 2.05) is 0 Å². The normalized spacial score (nSPS) is 10.2. The van der Waals surface area contributed by atoms with E-state index in [9.17, 15) is 4.79 Å². The molecular formula is C11H13BrClNO2. The Hall–Kier alpha value is -0.580. The Bertz CT molecular complexity index is 384. The van der Waals surface area contributed by atoms with E-state index < -0.39 is 0 Å². The first-order chi connectivity index (χ1) is 7.57. The van der Waals surface area contributed by atoms with Crippen molar-refractivity contribution in [3.05, 3.63) is 33.3 Å². The SMILES string of the molecule is COCCN(C)C(=O)c1cccc(Br)c1Cl. The Morgan fingerprint density at radius 3 is 2.88 bits per heavy atom. The van der Waals surface area contributed by atoms with E-state index in [2.05, 4.69) is 15.9 Å². The lowest BCUT2D eigenvalue weighted by Crippen LogP contribution is -2.30. The standard InChI is InChI=1S/C11H13BrClNO2/c1-14(6-7-16-2)11(15)8-4-3-5-9(12)10(8)13/h3-5H,6-7H2,1-2H3. The van der Waals surface area contributed by atoms with Gasteiger partial charge in [-0.3, -0.25) is 4.79 Å². The molecule has 0 atom stereocenters. The fraction of sp³-hybridized carbons (Fsp3) is 0.364. The summed E-state index contributed by atoms with van der Waals surface area (Å²) in [5.41, 5.74) is 0.495. The van der Waals surface area contributed by atoms with Crippen LogP contribution in [-0.2, 0) is 4.74 Å². The van der Waals surface area contributed by atoms with E-state index in [0.29, 0.717) is 23.7 Å². The Kier molecular flexibility index (Phi) is 5.25. The van der Waals surface area contributed by atoms with Gasteiger partial charge in [-0.25, -0.2) is 0 Å². The molecule has 0 radical (unpaired) electrons. The molecule has 1 rings (SSSR count). The molecule has 0 N–H and O–H groups in total. The van der Waals surface area contributed by atoms with Crippen molar-refractivity contribution < 1.29 is 9.53 Å². The molecule has 0 heterocycles. The van der Waals surface area contributed by atoms with Gasteiger partial charge in [0, 0.05) is 25.2 Å². The number of amides is 1. The first kappa shape index (κ1) is 13.5. The summed E-state index contributed by atoms with van der Waals surface area (Å²) in [7, 11) is 3.32. The van der Waals surface area contributed by atoms with Crippen molar-refractivity contribution in [2.45, 2.75) is 0 Å². The Balaban J connectivity index is 2.84. The fourth-order valence-electron chi connectivity index (χ4n) is 1.20. The lowest BCUT2D eigenvalue weighted by molar-refractivity contribution is 0.0744. The van der Waals surface area contributed by atoms with Crippen LogP contribution >= 0.6 is 27.5 Å². The highest BCUT2D eigenvalue weighted by Gasteiger charge is 2.15. The summed E-state index contributed by atoms with van der Waals surface area (Å²) in [5.74, 6) is -0.108. The van der Waals surface area contributed by atoms with Crippen LogP contribution in [0.5, 0.6) is 0 Å². The zero-order valence-electron chi connectivity index (χ0n) is 9.17. The van der Waals surface area contributed by atoms with Gasteiger partial charge in [0.25, 0.3) is 5.91 Å². The van der Waals surface area contributed by atoms with Crippen LogP contribution in [0.3, 0.4) is 0 Å². The zero-order valence-corrected chi connectivity index (χ0v) is 11.5. The second-order valence-corrected chi connectivity index (χ2v) is 4.55. The van der Waals surface area contributed by atoms with Crippen molar-refractivity contribution in [2.75, 3.05) is 27.3 Å². The largest absolute Gasteiger partial charge is 0.383 e. The summed E-state index contributed by atoms with van der Waals surface area (Å²) in [5, 5.41) is 0.441. The second kappa shape index (κ2) is 6.23. The third-order valence-corrected chi connectivity index (χ3v) is 3.46. The molecule has 0 fully saturated rings. The summed E-state index contributed by atoms with van der Waals surface area (Å²) in [4.78, 5) is 13.6. The van der Waals surface area contributed by atoms with E-state index >= 15 is 0 Å². The number of likely N-dealkylation sites (N-methyl/N-ethyl adjacent to an activating group) is 1. The lowest BCUT2D eigenvalue weighted by atomic mass is 10.2. The molecule has 1 aromatic carbocycles. The smallest absolute Gasteiger partial charge is 0.255 e. The molecule has 16 heavy (non-hydrogen) atoms. The number of benzene rings is 1. The molecule has 88 valence electrons. The third-order valence-electron chi connectivity index (χ3n) is 2.16. The number of carbonyl (C=O) groups is 1. The Morgan fingerprint density at radius 1 is 1.56 bits per heavy atom. The summed E-state index contributed by atoms with van der Waals surface area (Å²) >= 11 is 9.33. The maximum absolute atomic E-state index is 12.0. The van der Waals surface area contributed by atoms with Crippen molar-refractivity contribution in [3.8, 4) is 0 Å².